The second-order valence-corrected chi connectivity index (χ2v) is 8.36. The second kappa shape index (κ2) is 10.9. The Morgan fingerprint density at radius 1 is 0.971 bits per heavy atom. The van der Waals surface area contributed by atoms with E-state index in [0.29, 0.717) is 24.5 Å². The van der Waals surface area contributed by atoms with Crippen LogP contribution in [0.2, 0.25) is 0 Å². The summed E-state index contributed by atoms with van der Waals surface area (Å²) < 4.78 is 13.5. The fourth-order valence-electron chi connectivity index (χ4n) is 4.11. The van der Waals surface area contributed by atoms with Crippen molar-refractivity contribution in [1.82, 2.24) is 14.9 Å². The highest BCUT2D eigenvalue weighted by Gasteiger charge is 2.13. The maximum atomic E-state index is 12.7. The molecule has 4 rings (SSSR count). The van der Waals surface area contributed by atoms with Gasteiger partial charge < -0.3 is 19.4 Å². The van der Waals surface area contributed by atoms with Gasteiger partial charge in [-0.1, -0.05) is 36.4 Å². The number of benzene rings is 3. The average molecular weight is 458 g/mol. The minimum absolute atomic E-state index is 0.153. The molecule has 1 aromatic heterocycles. The van der Waals surface area contributed by atoms with Crippen molar-refractivity contribution in [2.24, 2.45) is 0 Å². The Kier molecular flexibility index (Phi) is 7.48. The monoisotopic (exact) mass is 457 g/mol. The van der Waals surface area contributed by atoms with E-state index in [9.17, 15) is 4.79 Å². The van der Waals surface area contributed by atoms with E-state index in [2.05, 4.69) is 48.0 Å². The van der Waals surface area contributed by atoms with Crippen molar-refractivity contribution in [3.8, 4) is 11.5 Å². The molecule has 0 spiro atoms. The lowest BCUT2D eigenvalue weighted by Crippen LogP contribution is -2.24. The lowest BCUT2D eigenvalue weighted by molar-refractivity contribution is 0.0949. The third-order valence-electron chi connectivity index (χ3n) is 5.90. The van der Waals surface area contributed by atoms with Gasteiger partial charge in [0.15, 0.2) is 0 Å². The van der Waals surface area contributed by atoms with Crippen LogP contribution in [0.15, 0.2) is 66.7 Å². The van der Waals surface area contributed by atoms with Crippen molar-refractivity contribution in [3.63, 3.8) is 0 Å². The lowest BCUT2D eigenvalue weighted by atomic mass is 10.1. The molecule has 0 saturated carbocycles. The zero-order valence-electron chi connectivity index (χ0n) is 20.0. The molecule has 176 valence electrons. The highest BCUT2D eigenvalue weighted by Crippen LogP contribution is 2.23. The summed E-state index contributed by atoms with van der Waals surface area (Å²) in [6, 6.07) is 21.4. The minimum atomic E-state index is -0.153. The quantitative estimate of drug-likeness (QED) is 0.322. The Morgan fingerprint density at radius 3 is 2.53 bits per heavy atom. The number of carbonyl (C=O) groups is 1. The topological polar surface area (TPSA) is 65.4 Å². The number of aromatic nitrogens is 2. The van der Waals surface area contributed by atoms with Gasteiger partial charge in [-0.25, -0.2) is 4.98 Å². The molecule has 0 radical (unpaired) electrons. The molecule has 0 aliphatic carbocycles. The molecule has 3 aromatic carbocycles. The summed E-state index contributed by atoms with van der Waals surface area (Å²) in [6.07, 6.45) is 1.87. The maximum absolute atomic E-state index is 12.7. The largest absolute Gasteiger partial charge is 0.497 e. The second-order valence-electron chi connectivity index (χ2n) is 8.36. The van der Waals surface area contributed by atoms with Gasteiger partial charge in [-0.3, -0.25) is 4.79 Å². The summed E-state index contributed by atoms with van der Waals surface area (Å²) in [5.74, 6) is 2.33. The van der Waals surface area contributed by atoms with Crippen LogP contribution in [0, 0.1) is 13.8 Å². The number of aryl methyl sites for hydroxylation is 3. The molecule has 0 bridgehead atoms. The predicted molar refractivity (Wildman–Crippen MR) is 135 cm³/mol. The number of carbonyl (C=O) groups excluding carboxylic acids is 1. The van der Waals surface area contributed by atoms with Crippen molar-refractivity contribution in [2.45, 2.75) is 39.8 Å². The van der Waals surface area contributed by atoms with Crippen molar-refractivity contribution in [3.05, 3.63) is 89.2 Å². The van der Waals surface area contributed by atoms with Crippen molar-refractivity contribution >= 4 is 16.9 Å². The SMILES string of the molecule is COc1cccc(C(=O)NCc2nc3ccccc3n2CCCCOc2c(C)cccc2C)c1. The highest BCUT2D eigenvalue weighted by molar-refractivity contribution is 5.94. The van der Waals surface area contributed by atoms with Crippen molar-refractivity contribution in [2.75, 3.05) is 13.7 Å². The van der Waals surface area contributed by atoms with Gasteiger partial charge in [-0.05, 0) is 68.1 Å². The van der Waals surface area contributed by atoms with Gasteiger partial charge in [0, 0.05) is 12.1 Å². The number of amides is 1. The van der Waals surface area contributed by atoms with Crippen LogP contribution in [0.3, 0.4) is 0 Å². The van der Waals surface area contributed by atoms with Crippen LogP contribution in [-0.2, 0) is 13.1 Å². The molecule has 4 aromatic rings. The van der Waals surface area contributed by atoms with Crippen LogP contribution in [0.1, 0.15) is 40.2 Å². The van der Waals surface area contributed by atoms with Gasteiger partial charge in [-0.15, -0.1) is 0 Å². The first-order chi connectivity index (χ1) is 16.6. The predicted octanol–water partition coefficient (Wildman–Crippen LogP) is 5.45. The van der Waals surface area contributed by atoms with Crippen LogP contribution in [0.25, 0.3) is 11.0 Å². The third-order valence-corrected chi connectivity index (χ3v) is 5.90. The minimum Gasteiger partial charge on any atom is -0.497 e. The van der Waals surface area contributed by atoms with Crippen LogP contribution in [-0.4, -0.2) is 29.2 Å². The molecule has 1 N–H and O–H groups in total. The number of nitrogens with zero attached hydrogens (tertiary/aromatic N) is 2. The number of nitrogens with one attached hydrogen (secondary N) is 1. The summed E-state index contributed by atoms with van der Waals surface area (Å²) in [4.78, 5) is 17.5. The number of hydrogen-bond donors (Lipinski definition) is 1. The molecule has 1 heterocycles. The number of hydrogen-bond acceptors (Lipinski definition) is 4. The zero-order chi connectivity index (χ0) is 23.9. The van der Waals surface area contributed by atoms with Gasteiger partial charge in [0.2, 0.25) is 0 Å². The van der Waals surface area contributed by atoms with E-state index in [1.165, 1.54) is 0 Å². The smallest absolute Gasteiger partial charge is 0.251 e. The van der Waals surface area contributed by atoms with E-state index in [0.717, 1.165) is 53.1 Å². The standard InChI is InChI=1S/C28H31N3O3/c1-20-10-8-11-21(2)27(20)34-17-7-6-16-31-25-15-5-4-14-24(25)30-26(31)19-29-28(32)22-12-9-13-23(18-22)33-3/h4-5,8-15,18H,6-7,16-17,19H2,1-3H3,(H,29,32). The number of fused-ring (bicyclic) bond motifs is 1. The van der Waals surface area contributed by atoms with Gasteiger partial charge >= 0.3 is 0 Å². The zero-order valence-corrected chi connectivity index (χ0v) is 20.0. The number of para-hydroxylation sites is 3. The Balaban J connectivity index is 1.39. The van der Waals surface area contributed by atoms with Crippen LogP contribution in [0.5, 0.6) is 11.5 Å². The molecule has 0 fully saturated rings. The molecule has 1 amide bonds. The van der Waals surface area contributed by atoms with Crippen LogP contribution < -0.4 is 14.8 Å². The Hall–Kier alpha value is -3.80. The van der Waals surface area contributed by atoms with Gasteiger partial charge in [0.05, 0.1) is 31.3 Å². The Bertz CT molecular complexity index is 1260. The molecule has 0 saturated heterocycles. The molecular weight excluding hydrogens is 426 g/mol. The first kappa shape index (κ1) is 23.4. The average Bonchev–Trinajstić information content (AvgIpc) is 3.21. The lowest BCUT2D eigenvalue weighted by Gasteiger charge is -2.13. The van der Waals surface area contributed by atoms with E-state index < -0.39 is 0 Å². The fourth-order valence-corrected chi connectivity index (χ4v) is 4.11. The first-order valence-corrected chi connectivity index (χ1v) is 11.6. The van der Waals surface area contributed by atoms with Crippen LogP contribution >= 0.6 is 0 Å². The van der Waals surface area contributed by atoms with Crippen LogP contribution in [0.4, 0.5) is 0 Å². The molecule has 0 aliphatic rings. The number of rotatable bonds is 10. The van der Waals surface area contributed by atoms with Gasteiger partial charge in [0.25, 0.3) is 5.91 Å². The molecule has 34 heavy (non-hydrogen) atoms. The van der Waals surface area contributed by atoms with Crippen molar-refractivity contribution in [1.29, 1.82) is 0 Å². The highest BCUT2D eigenvalue weighted by atomic mass is 16.5. The number of ether oxygens (including phenoxy) is 2. The van der Waals surface area contributed by atoms with E-state index in [4.69, 9.17) is 14.5 Å². The van der Waals surface area contributed by atoms with E-state index in [1.54, 1.807) is 19.2 Å². The molecule has 6 heteroatoms. The summed E-state index contributed by atoms with van der Waals surface area (Å²) >= 11 is 0. The van der Waals surface area contributed by atoms with E-state index in [1.807, 2.05) is 30.3 Å². The summed E-state index contributed by atoms with van der Waals surface area (Å²) in [6.45, 7) is 5.98. The Morgan fingerprint density at radius 2 is 1.74 bits per heavy atom. The molecular formula is C28H31N3O3. The number of imidazole rings is 1. The third kappa shape index (κ3) is 5.39. The first-order valence-electron chi connectivity index (χ1n) is 11.6. The molecule has 0 unspecified atom stereocenters. The number of unbranched alkanes of at least 4 members (excludes halogenated alkanes) is 1. The van der Waals surface area contributed by atoms with Gasteiger partial charge in [0.1, 0.15) is 17.3 Å². The summed E-state index contributed by atoms with van der Waals surface area (Å²) in [5.41, 5.74) is 4.89. The summed E-state index contributed by atoms with van der Waals surface area (Å²) in [7, 11) is 1.59. The molecule has 0 aliphatic heterocycles. The van der Waals surface area contributed by atoms with E-state index >= 15 is 0 Å². The molecule has 0 atom stereocenters. The fraction of sp³-hybridized carbons (Fsp3) is 0.286. The van der Waals surface area contributed by atoms with Gasteiger partial charge in [-0.2, -0.15) is 0 Å². The number of methoxy groups -OCH3 is 1. The molecule has 6 nitrogen and oxygen atoms in total. The normalized spacial score (nSPS) is 10.9. The van der Waals surface area contributed by atoms with E-state index in [-0.39, 0.29) is 5.91 Å². The Labute approximate surface area is 200 Å². The summed E-state index contributed by atoms with van der Waals surface area (Å²) in [5, 5.41) is 3.00. The van der Waals surface area contributed by atoms with Crippen molar-refractivity contribution < 1.29 is 14.3 Å². The maximum Gasteiger partial charge on any atom is 0.251 e.